The average molecular weight is 1710 g/mol. The maximum absolute atomic E-state index is 14.6. The number of nitrogens with one attached hydrogen (secondary N) is 8. The van der Waals surface area contributed by atoms with Crippen LogP contribution in [0.4, 0.5) is 40.6 Å². The van der Waals surface area contributed by atoms with E-state index in [9.17, 15) is 36.7 Å². The number of aromatic amines is 4. The van der Waals surface area contributed by atoms with Gasteiger partial charge in [0.05, 0.1) is 92.7 Å². The summed E-state index contributed by atoms with van der Waals surface area (Å²) in [6, 6.07) is 54.4. The van der Waals surface area contributed by atoms with Gasteiger partial charge in [-0.05, 0) is 197 Å². The molecule has 12 heterocycles. The van der Waals surface area contributed by atoms with Gasteiger partial charge in [0.2, 0.25) is 0 Å². The van der Waals surface area contributed by atoms with Gasteiger partial charge in [-0.3, -0.25) is 37.4 Å². The second-order valence-electron chi connectivity index (χ2n) is 30.6. The van der Waals surface area contributed by atoms with Gasteiger partial charge in [0, 0.05) is 35.9 Å². The number of nitrogens with zero attached hydrogens (tertiary/aromatic N) is 16. The van der Waals surface area contributed by atoms with E-state index in [-0.39, 0.29) is 39.7 Å². The first-order valence-electron chi connectivity index (χ1n) is 41.6. The molecule has 0 bridgehead atoms. The Balaban J connectivity index is 0.000000120. The molecule has 0 aliphatic carbocycles. The van der Waals surface area contributed by atoms with Crippen LogP contribution in [0.15, 0.2) is 263 Å². The van der Waals surface area contributed by atoms with Crippen molar-refractivity contribution in [3.63, 3.8) is 0 Å². The second-order valence-corrected chi connectivity index (χ2v) is 30.6. The van der Waals surface area contributed by atoms with Crippen LogP contribution in [-0.2, 0) is 0 Å². The summed E-state index contributed by atoms with van der Waals surface area (Å²) < 4.78 is 64.5. The summed E-state index contributed by atoms with van der Waals surface area (Å²) in [5.41, 5.74) is 11.8. The SMILES string of the molecule is CC[C@H](Nc1ccnc2[nH]ccc12)c1nc2cccc(F)c2c(=O)n1-c1cccc(C)c1.CC[C@H](Nc1ccnc2nc[nH]c12)c1nc2cccc(F)c2c(=O)n1-c1cccc(C)c1.CC[C@H](Nc1ncnc2[nH]ccc12)c1nc2cccc(F)c2c(=O)n1-c1cccc(C)c1.CC[C@H](Nc1ncnc2nc[nH]c12)c1nc2cccc(F)c2c(=O)n1-c1cccc(C)c1. The molecule has 0 amide bonds. The number of rotatable bonds is 20. The van der Waals surface area contributed by atoms with E-state index in [0.29, 0.717) is 128 Å². The zero-order valence-corrected chi connectivity index (χ0v) is 70.5. The Morgan fingerprint density at radius 2 is 0.664 bits per heavy atom. The van der Waals surface area contributed by atoms with Crippen molar-refractivity contribution in [3.05, 3.63) is 354 Å². The van der Waals surface area contributed by atoms with Gasteiger partial charge in [-0.1, -0.05) is 100 Å². The topological polar surface area (TPSA) is 354 Å². The van der Waals surface area contributed by atoms with Crippen LogP contribution in [0.2, 0.25) is 0 Å². The van der Waals surface area contributed by atoms with Crippen LogP contribution in [0.3, 0.4) is 0 Å². The zero-order chi connectivity index (χ0) is 89.0. The fraction of sp³-hybridized carbons (Fsp3) is 0.167. The Bertz CT molecular complexity index is 6940. The van der Waals surface area contributed by atoms with Crippen LogP contribution >= 0.6 is 0 Å². The summed E-state index contributed by atoms with van der Waals surface area (Å²) in [7, 11) is 0. The molecular formula is C96H84F4N24O4. The molecule has 128 heavy (non-hydrogen) atoms. The van der Waals surface area contributed by atoms with E-state index < -0.39 is 51.5 Å². The smallest absolute Gasteiger partial charge is 0.269 e. The lowest BCUT2D eigenvalue weighted by Gasteiger charge is -2.23. The number of hydrogen-bond donors (Lipinski definition) is 8. The van der Waals surface area contributed by atoms with Crippen LogP contribution in [0.5, 0.6) is 0 Å². The largest absolute Gasteiger partial charge is 0.375 e. The van der Waals surface area contributed by atoms with Crippen LogP contribution in [-0.4, -0.2) is 98.0 Å². The Morgan fingerprint density at radius 1 is 0.328 bits per heavy atom. The monoisotopic (exact) mass is 1710 g/mol. The number of aromatic nitrogens is 20. The van der Waals surface area contributed by atoms with Gasteiger partial charge < -0.3 is 41.2 Å². The number of anilines is 4. The van der Waals surface area contributed by atoms with E-state index in [1.165, 1.54) is 55.2 Å². The first kappa shape index (κ1) is 84.0. The lowest BCUT2D eigenvalue weighted by Crippen LogP contribution is -2.29. The maximum atomic E-state index is 14.6. The van der Waals surface area contributed by atoms with Gasteiger partial charge in [-0.15, -0.1) is 0 Å². The molecule has 0 aliphatic rings. The fourth-order valence-corrected chi connectivity index (χ4v) is 15.8. The molecule has 0 unspecified atom stereocenters. The van der Waals surface area contributed by atoms with E-state index in [1.54, 1.807) is 79.8 Å². The second kappa shape index (κ2) is 36.3. The highest BCUT2D eigenvalue weighted by molar-refractivity contribution is 5.91. The summed E-state index contributed by atoms with van der Waals surface area (Å²) in [4.78, 5) is 120. The molecule has 8 aromatic carbocycles. The first-order chi connectivity index (χ1) is 62.3. The lowest BCUT2D eigenvalue weighted by molar-refractivity contribution is 0.629. The van der Waals surface area contributed by atoms with Gasteiger partial charge in [0.1, 0.15) is 109 Å². The third-order valence-electron chi connectivity index (χ3n) is 22.1. The summed E-state index contributed by atoms with van der Waals surface area (Å²) in [6.07, 6.45) is 15.6. The number of hydrogen-bond acceptors (Lipinski definition) is 20. The number of aryl methyl sites for hydroxylation is 4. The molecule has 0 spiro atoms. The van der Waals surface area contributed by atoms with Crippen molar-refractivity contribution in [2.45, 2.75) is 105 Å². The van der Waals surface area contributed by atoms with Crippen molar-refractivity contribution < 1.29 is 17.6 Å². The molecule has 0 aliphatic heterocycles. The third-order valence-corrected chi connectivity index (χ3v) is 22.1. The van der Waals surface area contributed by atoms with Crippen LogP contribution in [0.1, 0.15) is 123 Å². The minimum absolute atomic E-state index is 0.00968. The summed E-state index contributed by atoms with van der Waals surface area (Å²) in [5.74, 6) is 0.835. The van der Waals surface area contributed by atoms with E-state index in [0.717, 1.165) is 55.6 Å². The number of imidazole rings is 2. The Kier molecular flexibility index (Phi) is 23.8. The first-order valence-corrected chi connectivity index (χ1v) is 41.6. The van der Waals surface area contributed by atoms with E-state index >= 15 is 0 Å². The van der Waals surface area contributed by atoms with Crippen molar-refractivity contribution in [3.8, 4) is 22.7 Å². The van der Waals surface area contributed by atoms with Crippen molar-refractivity contribution in [1.82, 2.24) is 98.0 Å². The number of H-pyrrole nitrogens is 4. The van der Waals surface area contributed by atoms with Crippen LogP contribution < -0.4 is 43.5 Å². The zero-order valence-electron chi connectivity index (χ0n) is 70.5. The van der Waals surface area contributed by atoms with E-state index in [1.807, 2.05) is 183 Å². The molecular weight excluding hydrogens is 1630 g/mol. The van der Waals surface area contributed by atoms with E-state index in [4.69, 9.17) is 19.9 Å². The summed E-state index contributed by atoms with van der Waals surface area (Å²) >= 11 is 0. The number of fused-ring (bicyclic) bond motifs is 8. The predicted molar refractivity (Wildman–Crippen MR) is 490 cm³/mol. The molecule has 0 saturated heterocycles. The fourth-order valence-electron chi connectivity index (χ4n) is 15.8. The van der Waals surface area contributed by atoms with Crippen LogP contribution in [0, 0.1) is 51.0 Å². The van der Waals surface area contributed by atoms with E-state index in [2.05, 4.69) is 81.1 Å². The maximum Gasteiger partial charge on any atom is 0.269 e. The number of pyridine rings is 2. The molecule has 0 fully saturated rings. The molecule has 28 nitrogen and oxygen atoms in total. The number of halogens is 4. The molecule has 20 rings (SSSR count). The minimum atomic E-state index is -0.594. The minimum Gasteiger partial charge on any atom is -0.375 e. The molecule has 640 valence electrons. The molecule has 0 radical (unpaired) electrons. The Morgan fingerprint density at radius 3 is 1.08 bits per heavy atom. The van der Waals surface area contributed by atoms with Crippen LogP contribution in [0.25, 0.3) is 111 Å². The summed E-state index contributed by atoms with van der Waals surface area (Å²) in [6.45, 7) is 15.8. The normalized spacial score (nSPS) is 12.3. The highest BCUT2D eigenvalue weighted by Crippen LogP contribution is 2.35. The predicted octanol–water partition coefficient (Wildman–Crippen LogP) is 18.7. The highest BCUT2D eigenvalue weighted by Gasteiger charge is 2.29. The molecule has 32 heteroatoms. The Labute approximate surface area is 726 Å². The van der Waals surface area contributed by atoms with Gasteiger partial charge in [-0.25, -0.2) is 77.4 Å². The van der Waals surface area contributed by atoms with Gasteiger partial charge in [0.15, 0.2) is 17.1 Å². The van der Waals surface area contributed by atoms with Gasteiger partial charge >= 0.3 is 0 Å². The van der Waals surface area contributed by atoms with Crippen molar-refractivity contribution >= 4 is 111 Å². The van der Waals surface area contributed by atoms with Crippen molar-refractivity contribution in [2.24, 2.45) is 0 Å². The molecule has 12 aromatic heterocycles. The third kappa shape index (κ3) is 16.6. The van der Waals surface area contributed by atoms with Gasteiger partial charge in [0.25, 0.3) is 22.2 Å². The lowest BCUT2D eigenvalue weighted by atomic mass is 10.1. The van der Waals surface area contributed by atoms with Crippen molar-refractivity contribution in [2.75, 3.05) is 21.3 Å². The number of benzene rings is 8. The molecule has 20 aromatic rings. The van der Waals surface area contributed by atoms with Crippen molar-refractivity contribution in [1.29, 1.82) is 0 Å². The Hall–Kier alpha value is -16.3. The van der Waals surface area contributed by atoms with Gasteiger partial charge in [-0.2, -0.15) is 0 Å². The molecule has 0 saturated carbocycles. The molecule has 8 N–H and O–H groups in total. The average Bonchev–Trinajstić information content (AvgIpc) is 1.18. The highest BCUT2D eigenvalue weighted by atomic mass is 19.1. The quantitative estimate of drug-likeness (QED) is 0.0329. The summed E-state index contributed by atoms with van der Waals surface area (Å²) in [5, 5.41) is 15.5. The molecule has 4 atom stereocenters. The standard InChI is InChI=1S/C25H22FN5O.2C24H21FN6O.C23H20FN7O/c1-3-19(29-20-11-13-28-23-17(20)10-12-27-23)24-30-21-9-5-8-18(26)22(21)25(32)31(24)16-7-4-6-15(2)14-16;1-3-18(29-22-16-10-11-26-21(16)27-13-28-22)23-30-19-9-5-8-17(25)20(19)24(32)31(23)15-7-4-6-14(2)12-15;1-3-17(29-19-10-11-26-22-21(19)27-13-28-22)23-30-18-9-5-8-16(25)20(18)24(32)31(23)15-7-4-6-14(2)12-15;1-3-16(29-21-19-20(26-11-25-19)27-12-28-21)22-30-17-9-5-8-15(24)18(17)23(32)31(22)14-7-4-6-13(2)10-14/h4-14,19H,3H2,1-2H3,(H2,27,28,29);4-13,18H,3H2,1-2H3,(H2,26,27,28,29);4-13,17H,3H2,1-2H3,(H2,26,27,28,29);4-12,16H,3H2,1-2H3,(H2,25,26,27,28,29)/t19-;18-;17-;16-/m0000/s1.